The topological polar surface area (TPSA) is 15.3 Å². The summed E-state index contributed by atoms with van der Waals surface area (Å²) < 4.78 is 0. The van der Waals surface area contributed by atoms with E-state index in [9.17, 15) is 0 Å². The summed E-state index contributed by atoms with van der Waals surface area (Å²) in [6.45, 7) is 12.2. The lowest BCUT2D eigenvalue weighted by molar-refractivity contribution is 0.104. The summed E-state index contributed by atoms with van der Waals surface area (Å²) in [5.41, 5.74) is 0.539. The van der Waals surface area contributed by atoms with Crippen molar-refractivity contribution in [3.8, 4) is 0 Å². The number of rotatable bonds is 6. The molecule has 1 saturated heterocycles. The fourth-order valence-electron chi connectivity index (χ4n) is 3.19. The Kier molecular flexibility index (Phi) is 4.48. The Hall–Kier alpha value is -0.0800. The lowest BCUT2D eigenvalue weighted by Gasteiger charge is -2.39. The van der Waals surface area contributed by atoms with Crippen LogP contribution in [0, 0.1) is 11.3 Å². The zero-order valence-corrected chi connectivity index (χ0v) is 12.0. The van der Waals surface area contributed by atoms with Gasteiger partial charge in [-0.1, -0.05) is 20.8 Å². The van der Waals surface area contributed by atoms with Gasteiger partial charge < -0.3 is 10.2 Å². The van der Waals surface area contributed by atoms with E-state index in [1.54, 1.807) is 0 Å². The van der Waals surface area contributed by atoms with Gasteiger partial charge in [0.05, 0.1) is 0 Å². The number of piperidine rings is 1. The first-order valence-corrected chi connectivity index (χ1v) is 7.56. The van der Waals surface area contributed by atoms with Gasteiger partial charge in [0, 0.05) is 19.1 Å². The quantitative estimate of drug-likeness (QED) is 0.765. The third-order valence-corrected chi connectivity index (χ3v) is 4.28. The second-order valence-corrected chi connectivity index (χ2v) is 6.90. The largest absolute Gasteiger partial charge is 0.312 e. The Morgan fingerprint density at radius 2 is 2.12 bits per heavy atom. The van der Waals surface area contributed by atoms with Crippen LogP contribution < -0.4 is 5.32 Å². The minimum atomic E-state index is 0.539. The van der Waals surface area contributed by atoms with Crippen molar-refractivity contribution in [1.29, 1.82) is 0 Å². The van der Waals surface area contributed by atoms with Crippen molar-refractivity contribution >= 4 is 0 Å². The molecule has 2 fully saturated rings. The van der Waals surface area contributed by atoms with Crippen LogP contribution in [-0.2, 0) is 0 Å². The summed E-state index contributed by atoms with van der Waals surface area (Å²) in [5, 5.41) is 3.76. The van der Waals surface area contributed by atoms with Gasteiger partial charge in [0.2, 0.25) is 0 Å². The summed E-state index contributed by atoms with van der Waals surface area (Å²) in [5.74, 6) is 0.978. The predicted octanol–water partition coefficient (Wildman–Crippen LogP) is 2.89. The zero-order chi connectivity index (χ0) is 12.3. The first kappa shape index (κ1) is 13.4. The van der Waals surface area contributed by atoms with Crippen LogP contribution in [-0.4, -0.2) is 37.1 Å². The summed E-state index contributed by atoms with van der Waals surface area (Å²) in [7, 11) is 0. The fourth-order valence-corrected chi connectivity index (χ4v) is 3.19. The molecular formula is C15H30N2. The van der Waals surface area contributed by atoms with E-state index in [0.29, 0.717) is 5.41 Å². The van der Waals surface area contributed by atoms with Crippen molar-refractivity contribution in [3.63, 3.8) is 0 Å². The highest BCUT2D eigenvalue weighted by Gasteiger charge is 2.34. The van der Waals surface area contributed by atoms with Crippen molar-refractivity contribution in [1.82, 2.24) is 10.2 Å². The molecular weight excluding hydrogens is 208 g/mol. The predicted molar refractivity (Wildman–Crippen MR) is 74.3 cm³/mol. The SMILES string of the molecule is CCCNC(CN1CCCC(C)(C)C1)C1CC1. The van der Waals surface area contributed by atoms with Crippen molar-refractivity contribution in [3.05, 3.63) is 0 Å². The van der Waals surface area contributed by atoms with Crippen molar-refractivity contribution in [2.45, 2.75) is 58.9 Å². The molecule has 1 aliphatic heterocycles. The minimum absolute atomic E-state index is 0.539. The molecule has 0 radical (unpaired) electrons. The van der Waals surface area contributed by atoms with Crippen LogP contribution >= 0.6 is 0 Å². The Labute approximate surface area is 107 Å². The highest BCUT2D eigenvalue weighted by Crippen LogP contribution is 2.34. The van der Waals surface area contributed by atoms with Gasteiger partial charge in [-0.25, -0.2) is 0 Å². The monoisotopic (exact) mass is 238 g/mol. The molecule has 1 atom stereocenters. The Bertz CT molecular complexity index is 233. The number of hydrogen-bond donors (Lipinski definition) is 1. The van der Waals surface area contributed by atoms with Gasteiger partial charge in [0.25, 0.3) is 0 Å². The molecule has 0 amide bonds. The van der Waals surface area contributed by atoms with Crippen LogP contribution in [0.1, 0.15) is 52.9 Å². The molecule has 0 aromatic rings. The molecule has 17 heavy (non-hydrogen) atoms. The van der Waals surface area contributed by atoms with E-state index in [0.717, 1.165) is 12.0 Å². The van der Waals surface area contributed by atoms with Crippen LogP contribution in [0.15, 0.2) is 0 Å². The van der Waals surface area contributed by atoms with Crippen LogP contribution in [0.5, 0.6) is 0 Å². The third kappa shape index (κ3) is 4.26. The normalized spacial score (nSPS) is 27.0. The van der Waals surface area contributed by atoms with E-state index in [2.05, 4.69) is 31.0 Å². The molecule has 2 nitrogen and oxygen atoms in total. The Balaban J connectivity index is 1.80. The summed E-state index contributed by atoms with van der Waals surface area (Å²) in [4.78, 5) is 2.70. The average molecular weight is 238 g/mol. The molecule has 1 aliphatic carbocycles. The van der Waals surface area contributed by atoms with Gasteiger partial charge in [0.15, 0.2) is 0 Å². The number of nitrogens with one attached hydrogen (secondary N) is 1. The highest BCUT2D eigenvalue weighted by atomic mass is 15.2. The molecule has 0 spiro atoms. The molecule has 0 aromatic carbocycles. The molecule has 0 aromatic heterocycles. The Morgan fingerprint density at radius 3 is 2.71 bits per heavy atom. The summed E-state index contributed by atoms with van der Waals surface area (Å²) >= 11 is 0. The van der Waals surface area contributed by atoms with E-state index in [-0.39, 0.29) is 0 Å². The fraction of sp³-hybridized carbons (Fsp3) is 1.00. The van der Waals surface area contributed by atoms with Crippen LogP contribution in [0.3, 0.4) is 0 Å². The maximum absolute atomic E-state index is 3.76. The number of nitrogens with zero attached hydrogens (tertiary/aromatic N) is 1. The second kappa shape index (κ2) is 5.71. The molecule has 2 aliphatic rings. The number of likely N-dealkylation sites (tertiary alicyclic amines) is 1. The van der Waals surface area contributed by atoms with Gasteiger partial charge in [-0.3, -0.25) is 0 Å². The van der Waals surface area contributed by atoms with Crippen molar-refractivity contribution < 1.29 is 0 Å². The van der Waals surface area contributed by atoms with Crippen molar-refractivity contribution in [2.24, 2.45) is 11.3 Å². The lowest BCUT2D eigenvalue weighted by atomic mass is 9.84. The number of hydrogen-bond acceptors (Lipinski definition) is 2. The van der Waals surface area contributed by atoms with Gasteiger partial charge in [-0.15, -0.1) is 0 Å². The maximum atomic E-state index is 3.76. The lowest BCUT2D eigenvalue weighted by Crippen LogP contribution is -2.48. The smallest absolute Gasteiger partial charge is 0.0223 e. The van der Waals surface area contributed by atoms with Crippen LogP contribution in [0.2, 0.25) is 0 Å². The molecule has 2 heteroatoms. The molecule has 1 saturated carbocycles. The van der Waals surface area contributed by atoms with E-state index in [1.165, 1.54) is 58.3 Å². The molecule has 1 N–H and O–H groups in total. The molecule has 2 rings (SSSR count). The first-order valence-electron chi connectivity index (χ1n) is 7.56. The first-order chi connectivity index (χ1) is 8.11. The van der Waals surface area contributed by atoms with Crippen molar-refractivity contribution in [2.75, 3.05) is 26.2 Å². The summed E-state index contributed by atoms with van der Waals surface area (Å²) in [6, 6.07) is 0.767. The maximum Gasteiger partial charge on any atom is 0.0223 e. The van der Waals surface area contributed by atoms with Gasteiger partial charge in [-0.2, -0.15) is 0 Å². The minimum Gasteiger partial charge on any atom is -0.312 e. The van der Waals surface area contributed by atoms with E-state index < -0.39 is 0 Å². The Morgan fingerprint density at radius 1 is 1.35 bits per heavy atom. The van der Waals surface area contributed by atoms with Gasteiger partial charge >= 0.3 is 0 Å². The summed E-state index contributed by atoms with van der Waals surface area (Å²) in [6.07, 6.45) is 6.96. The molecule has 100 valence electrons. The zero-order valence-electron chi connectivity index (χ0n) is 12.0. The van der Waals surface area contributed by atoms with E-state index >= 15 is 0 Å². The molecule has 0 bridgehead atoms. The highest BCUT2D eigenvalue weighted by molar-refractivity contribution is 4.90. The van der Waals surface area contributed by atoms with Gasteiger partial charge in [-0.05, 0) is 56.5 Å². The van der Waals surface area contributed by atoms with Crippen LogP contribution in [0.25, 0.3) is 0 Å². The average Bonchev–Trinajstić information content (AvgIpc) is 3.06. The second-order valence-electron chi connectivity index (χ2n) is 6.90. The standard InChI is InChI=1S/C15H30N2/c1-4-9-16-14(13-6-7-13)11-17-10-5-8-15(2,3)12-17/h13-14,16H,4-12H2,1-3H3. The van der Waals surface area contributed by atoms with Crippen LogP contribution in [0.4, 0.5) is 0 Å². The van der Waals surface area contributed by atoms with E-state index in [1.807, 2.05) is 0 Å². The van der Waals surface area contributed by atoms with Gasteiger partial charge in [0.1, 0.15) is 0 Å². The van der Waals surface area contributed by atoms with E-state index in [4.69, 9.17) is 0 Å². The third-order valence-electron chi connectivity index (χ3n) is 4.28. The molecule has 1 heterocycles. The molecule has 1 unspecified atom stereocenters.